The number of hydrogen-bond donors (Lipinski definition) is 0. The minimum absolute atomic E-state index is 0.516. The zero-order chi connectivity index (χ0) is 15.0. The largest absolute Gasteiger partial charge is 0.281 e. The van der Waals surface area contributed by atoms with Gasteiger partial charge in [0.1, 0.15) is 11.3 Å². The molecule has 0 atom stereocenters. The zero-order valence-corrected chi connectivity index (χ0v) is 13.4. The third-order valence-corrected chi connectivity index (χ3v) is 4.04. The van der Waals surface area contributed by atoms with Crippen LogP contribution in [0.4, 0.5) is 0 Å². The van der Waals surface area contributed by atoms with Crippen LogP contribution in [-0.4, -0.2) is 20.4 Å². The van der Waals surface area contributed by atoms with Crippen molar-refractivity contribution in [3.63, 3.8) is 0 Å². The summed E-state index contributed by atoms with van der Waals surface area (Å²) in [4.78, 5) is 9.27. The third-order valence-electron chi connectivity index (χ3n) is 3.44. The lowest BCUT2D eigenvalue weighted by atomic mass is 10.2. The van der Waals surface area contributed by atoms with Crippen molar-refractivity contribution in [1.82, 2.24) is 14.5 Å². The number of halogens is 2. The molecule has 0 fully saturated rings. The highest BCUT2D eigenvalue weighted by molar-refractivity contribution is 6.31. The van der Waals surface area contributed by atoms with Gasteiger partial charge in [0.15, 0.2) is 5.65 Å². The van der Waals surface area contributed by atoms with Gasteiger partial charge < -0.3 is 0 Å². The number of nitrogens with zero attached hydrogens (tertiary/aromatic N) is 3. The lowest BCUT2D eigenvalue weighted by Gasteiger charge is -2.09. The highest BCUT2D eigenvalue weighted by atomic mass is 35.5. The van der Waals surface area contributed by atoms with Crippen molar-refractivity contribution < 1.29 is 0 Å². The molecule has 2 heterocycles. The van der Waals surface area contributed by atoms with Crippen LogP contribution in [0, 0.1) is 13.8 Å². The molecule has 0 aliphatic carbocycles. The van der Waals surface area contributed by atoms with E-state index < -0.39 is 0 Å². The van der Waals surface area contributed by atoms with Crippen LogP contribution in [0.25, 0.3) is 16.9 Å². The molecule has 0 spiro atoms. The Morgan fingerprint density at radius 1 is 1.10 bits per heavy atom. The second kappa shape index (κ2) is 5.66. The number of aromatic nitrogens is 3. The van der Waals surface area contributed by atoms with Gasteiger partial charge in [0.25, 0.3) is 0 Å². The van der Waals surface area contributed by atoms with E-state index in [4.69, 9.17) is 23.2 Å². The van der Waals surface area contributed by atoms with E-state index in [0.29, 0.717) is 12.3 Å². The number of imidazole rings is 1. The molecule has 3 nitrogen and oxygen atoms in total. The van der Waals surface area contributed by atoms with Crippen LogP contribution < -0.4 is 0 Å². The van der Waals surface area contributed by atoms with Gasteiger partial charge in [-0.05, 0) is 43.7 Å². The summed E-state index contributed by atoms with van der Waals surface area (Å²) in [6.45, 7) is 3.96. The molecule has 5 heteroatoms. The van der Waals surface area contributed by atoms with Crippen LogP contribution in [0.3, 0.4) is 0 Å². The molecule has 0 radical (unpaired) electrons. The first-order chi connectivity index (χ1) is 10.1. The molecular weight excluding hydrogens is 305 g/mol. The van der Waals surface area contributed by atoms with Crippen LogP contribution in [0.2, 0.25) is 5.02 Å². The van der Waals surface area contributed by atoms with E-state index in [0.717, 1.165) is 39.0 Å². The summed E-state index contributed by atoms with van der Waals surface area (Å²) in [5, 5.41) is 0.735. The molecular formula is C16H15Cl2N3. The fraction of sp³-hybridized carbons (Fsp3) is 0.250. The van der Waals surface area contributed by atoms with E-state index in [1.807, 2.05) is 48.7 Å². The Balaban J connectivity index is 2.29. The number of benzene rings is 1. The maximum absolute atomic E-state index is 6.26. The molecule has 1 aromatic carbocycles. The molecule has 21 heavy (non-hydrogen) atoms. The number of hydrogen-bond acceptors (Lipinski definition) is 2. The number of alkyl halides is 1. The van der Waals surface area contributed by atoms with Gasteiger partial charge >= 0.3 is 0 Å². The Morgan fingerprint density at radius 2 is 1.90 bits per heavy atom. The first-order valence-electron chi connectivity index (χ1n) is 6.77. The zero-order valence-electron chi connectivity index (χ0n) is 11.9. The van der Waals surface area contributed by atoms with Crippen molar-refractivity contribution in [2.45, 2.75) is 20.3 Å². The summed E-state index contributed by atoms with van der Waals surface area (Å²) in [5.41, 5.74) is 4.69. The van der Waals surface area contributed by atoms with Gasteiger partial charge in [-0.1, -0.05) is 17.7 Å². The summed E-state index contributed by atoms with van der Waals surface area (Å²) in [7, 11) is 0. The fourth-order valence-corrected chi connectivity index (χ4v) is 2.69. The topological polar surface area (TPSA) is 30.7 Å². The van der Waals surface area contributed by atoms with Crippen molar-refractivity contribution in [3.8, 4) is 5.69 Å². The maximum atomic E-state index is 6.26. The van der Waals surface area contributed by atoms with Gasteiger partial charge in [-0.25, -0.2) is 9.97 Å². The maximum Gasteiger partial charge on any atom is 0.164 e. The standard InChI is InChI=1S/C16H15Cl2N3/c1-10-3-5-12(9-13(10)18)21-15(7-8-17)20-14-6-4-11(2)19-16(14)21/h3-6,9H,7-8H2,1-2H3. The van der Waals surface area contributed by atoms with Gasteiger partial charge in [0.05, 0.1) is 5.69 Å². The van der Waals surface area contributed by atoms with E-state index in [2.05, 4.69) is 9.97 Å². The highest BCUT2D eigenvalue weighted by Gasteiger charge is 2.14. The summed E-state index contributed by atoms with van der Waals surface area (Å²) >= 11 is 12.2. The Labute approximate surface area is 133 Å². The van der Waals surface area contributed by atoms with Crippen molar-refractivity contribution in [2.24, 2.45) is 0 Å². The van der Waals surface area contributed by atoms with Crippen molar-refractivity contribution >= 4 is 34.4 Å². The van der Waals surface area contributed by atoms with Crippen LogP contribution in [0.5, 0.6) is 0 Å². The average Bonchev–Trinajstić information content (AvgIpc) is 2.80. The molecule has 0 bridgehead atoms. The minimum atomic E-state index is 0.516. The van der Waals surface area contributed by atoms with E-state index in [9.17, 15) is 0 Å². The number of aryl methyl sites for hydroxylation is 3. The molecule has 0 N–H and O–H groups in total. The third kappa shape index (κ3) is 2.63. The van der Waals surface area contributed by atoms with E-state index in [-0.39, 0.29) is 0 Å². The van der Waals surface area contributed by atoms with Crippen molar-refractivity contribution in [1.29, 1.82) is 0 Å². The monoisotopic (exact) mass is 319 g/mol. The number of fused-ring (bicyclic) bond motifs is 1. The van der Waals surface area contributed by atoms with Crippen LogP contribution in [-0.2, 0) is 6.42 Å². The molecule has 0 saturated carbocycles. The first-order valence-corrected chi connectivity index (χ1v) is 7.69. The van der Waals surface area contributed by atoms with Crippen molar-refractivity contribution in [2.75, 3.05) is 5.88 Å². The Kier molecular flexibility index (Phi) is 3.87. The second-order valence-electron chi connectivity index (χ2n) is 5.03. The Hall–Kier alpha value is -1.58. The number of pyridine rings is 1. The SMILES string of the molecule is Cc1ccc2nc(CCCl)n(-c3ccc(C)c(Cl)c3)c2n1. The van der Waals surface area contributed by atoms with Gasteiger partial charge in [-0.15, -0.1) is 11.6 Å². The quantitative estimate of drug-likeness (QED) is 0.667. The fourth-order valence-electron chi connectivity index (χ4n) is 2.34. The van der Waals surface area contributed by atoms with Gasteiger partial charge in [0, 0.05) is 23.0 Å². The van der Waals surface area contributed by atoms with Gasteiger partial charge in [-0.2, -0.15) is 0 Å². The summed E-state index contributed by atoms with van der Waals surface area (Å²) in [6, 6.07) is 9.93. The average molecular weight is 320 g/mol. The van der Waals surface area contributed by atoms with Crippen molar-refractivity contribution in [3.05, 3.63) is 52.4 Å². The highest BCUT2D eigenvalue weighted by Crippen LogP contribution is 2.25. The number of rotatable bonds is 3. The van der Waals surface area contributed by atoms with Gasteiger partial charge in [0.2, 0.25) is 0 Å². The molecule has 0 aliphatic heterocycles. The van der Waals surface area contributed by atoms with Crippen LogP contribution in [0.15, 0.2) is 30.3 Å². The molecule has 108 valence electrons. The Bertz CT molecular complexity index is 809. The molecule has 2 aromatic heterocycles. The van der Waals surface area contributed by atoms with Crippen LogP contribution in [0.1, 0.15) is 17.1 Å². The molecule has 0 saturated heterocycles. The second-order valence-corrected chi connectivity index (χ2v) is 5.82. The molecule has 0 aliphatic rings. The first kappa shape index (κ1) is 14.4. The predicted molar refractivity (Wildman–Crippen MR) is 87.8 cm³/mol. The Morgan fingerprint density at radius 3 is 2.62 bits per heavy atom. The van der Waals surface area contributed by atoms with E-state index >= 15 is 0 Å². The van der Waals surface area contributed by atoms with Crippen LogP contribution >= 0.6 is 23.2 Å². The predicted octanol–water partition coefficient (Wildman–Crippen LogP) is 4.47. The lowest BCUT2D eigenvalue weighted by Crippen LogP contribution is -2.03. The summed E-state index contributed by atoms with van der Waals surface area (Å²) < 4.78 is 2.04. The van der Waals surface area contributed by atoms with E-state index in [1.54, 1.807) is 0 Å². The normalized spacial score (nSPS) is 11.2. The lowest BCUT2D eigenvalue weighted by molar-refractivity contribution is 0.903. The van der Waals surface area contributed by atoms with E-state index in [1.165, 1.54) is 0 Å². The minimum Gasteiger partial charge on any atom is -0.281 e. The summed E-state index contributed by atoms with van der Waals surface area (Å²) in [5.74, 6) is 1.42. The smallest absolute Gasteiger partial charge is 0.164 e. The molecule has 0 amide bonds. The molecule has 0 unspecified atom stereocenters. The summed E-state index contributed by atoms with van der Waals surface area (Å²) in [6.07, 6.45) is 0.683. The van der Waals surface area contributed by atoms with Gasteiger partial charge in [-0.3, -0.25) is 4.57 Å². The molecule has 3 aromatic rings. The molecule has 3 rings (SSSR count).